The fourth-order valence-corrected chi connectivity index (χ4v) is 9.68. The number of nitrogens with two attached hydrogens (primary N) is 3. The predicted octanol–water partition coefficient (Wildman–Crippen LogP) is 13.2. The molecule has 6 nitrogen and oxygen atoms in total. The Hall–Kier alpha value is -3.06. The molecular weight excluding hydrogens is 727 g/mol. The van der Waals surface area contributed by atoms with Gasteiger partial charge in [-0.05, 0) is 93.0 Å². The number of unbranched alkanes of at least 4 members (excludes halogenated alkanes) is 24. The van der Waals surface area contributed by atoms with E-state index in [2.05, 4.69) is 54.6 Å². The molecule has 0 fully saturated rings. The lowest BCUT2D eigenvalue weighted by atomic mass is 9.60. The Labute approximate surface area is 360 Å². The van der Waals surface area contributed by atoms with Gasteiger partial charge >= 0.3 is 0 Å². The largest absolute Gasteiger partial charge is 0.493 e. The van der Waals surface area contributed by atoms with Gasteiger partial charge in [0.2, 0.25) is 0 Å². The molecule has 3 aliphatic rings. The van der Waals surface area contributed by atoms with Crippen LogP contribution in [0, 0.1) is 0 Å². The molecule has 0 unspecified atom stereocenters. The smallest absolute Gasteiger partial charge is 0.123 e. The fraction of sp³-hybridized carbons (Fsp3) is 0.660. The molecule has 0 radical (unpaired) electrons. The minimum atomic E-state index is 0.0152. The Morgan fingerprint density at radius 3 is 0.780 bits per heavy atom. The van der Waals surface area contributed by atoms with E-state index in [9.17, 15) is 0 Å². The molecule has 0 aliphatic heterocycles. The number of hydrogen-bond acceptors (Lipinski definition) is 6. The molecule has 0 saturated heterocycles. The topological polar surface area (TPSA) is 106 Å². The second-order valence-electron chi connectivity index (χ2n) is 17.6. The minimum absolute atomic E-state index is 0.0152. The maximum Gasteiger partial charge on any atom is 0.123 e. The summed E-state index contributed by atoms with van der Waals surface area (Å²) in [4.78, 5) is 0. The van der Waals surface area contributed by atoms with Gasteiger partial charge in [0, 0.05) is 28.5 Å². The highest BCUT2D eigenvalue weighted by molar-refractivity contribution is 5.74. The summed E-state index contributed by atoms with van der Waals surface area (Å²) in [6, 6.07) is 20.3. The second kappa shape index (κ2) is 28.5. The van der Waals surface area contributed by atoms with Crippen molar-refractivity contribution in [3.63, 3.8) is 0 Å². The van der Waals surface area contributed by atoms with E-state index in [4.69, 9.17) is 31.4 Å². The van der Waals surface area contributed by atoms with Gasteiger partial charge in [-0.25, -0.2) is 0 Å². The van der Waals surface area contributed by atoms with E-state index < -0.39 is 0 Å². The molecule has 59 heavy (non-hydrogen) atoms. The average Bonchev–Trinajstić information content (AvgIpc) is 3.26. The molecule has 6 N–H and O–H groups in total. The van der Waals surface area contributed by atoms with Crippen LogP contribution < -0.4 is 31.4 Å². The van der Waals surface area contributed by atoms with Gasteiger partial charge in [-0.15, -0.1) is 0 Å². The van der Waals surface area contributed by atoms with Gasteiger partial charge in [0.15, 0.2) is 0 Å². The minimum Gasteiger partial charge on any atom is -0.493 e. The molecule has 6 heteroatoms. The Kier molecular flexibility index (Phi) is 22.7. The van der Waals surface area contributed by atoms with Crippen molar-refractivity contribution in [2.75, 3.05) is 39.5 Å². The van der Waals surface area contributed by atoms with Gasteiger partial charge in [-0.1, -0.05) is 171 Å². The molecule has 0 spiro atoms. The lowest BCUT2D eigenvalue weighted by Crippen LogP contribution is -2.29. The Morgan fingerprint density at radius 1 is 0.288 bits per heavy atom. The first-order valence-corrected chi connectivity index (χ1v) is 24.7. The van der Waals surface area contributed by atoms with Crippen molar-refractivity contribution in [1.29, 1.82) is 0 Å². The van der Waals surface area contributed by atoms with Gasteiger partial charge in [-0.3, -0.25) is 0 Å². The zero-order valence-corrected chi connectivity index (χ0v) is 37.1. The average molecular weight is 810 g/mol. The molecule has 0 atom stereocenters. The van der Waals surface area contributed by atoms with Crippen LogP contribution in [0.5, 0.6) is 17.2 Å². The van der Waals surface area contributed by atoms with Gasteiger partial charge in [0.1, 0.15) is 17.2 Å². The summed E-state index contributed by atoms with van der Waals surface area (Å²) in [5, 5.41) is 0. The van der Waals surface area contributed by atoms with Crippen molar-refractivity contribution >= 4 is 0 Å². The predicted molar refractivity (Wildman–Crippen MR) is 250 cm³/mol. The van der Waals surface area contributed by atoms with E-state index in [0.717, 1.165) is 95.2 Å². The molecule has 328 valence electrons. The summed E-state index contributed by atoms with van der Waals surface area (Å²) in [6.07, 6.45) is 34.0. The molecule has 0 amide bonds. The molecule has 3 aromatic carbocycles. The molecule has 2 bridgehead atoms. The summed E-state index contributed by atoms with van der Waals surface area (Å²) < 4.78 is 20.3. The molecule has 0 heterocycles. The molecular formula is C53H83N3O3. The summed E-state index contributed by atoms with van der Waals surface area (Å²) in [6.45, 7) is 4.72. The maximum absolute atomic E-state index is 6.78. The van der Waals surface area contributed by atoms with Crippen LogP contribution in [0.1, 0.15) is 219 Å². The zero-order valence-electron chi connectivity index (χ0n) is 37.1. The van der Waals surface area contributed by atoms with Crippen LogP contribution in [-0.4, -0.2) is 39.5 Å². The number of ether oxygens (including phenoxy) is 3. The first kappa shape index (κ1) is 47.0. The van der Waals surface area contributed by atoms with Crippen LogP contribution in [0.2, 0.25) is 0 Å². The SMILES string of the molecule is NCCCCCCCCCCCOc1cccc2c1C1c3c(OCCCCCCCCCCCN)cccc3C2c2cccc(OCCCCCCCCCCCN)c21. The number of rotatable bonds is 36. The quantitative estimate of drug-likeness (QED) is 0.0348. The monoisotopic (exact) mass is 810 g/mol. The third kappa shape index (κ3) is 14.8. The van der Waals surface area contributed by atoms with Crippen molar-refractivity contribution in [2.45, 2.75) is 185 Å². The van der Waals surface area contributed by atoms with Gasteiger partial charge in [0.25, 0.3) is 0 Å². The molecule has 0 aromatic heterocycles. The number of benzene rings is 3. The van der Waals surface area contributed by atoms with Gasteiger partial charge in [0.05, 0.1) is 19.8 Å². The van der Waals surface area contributed by atoms with Gasteiger partial charge in [-0.2, -0.15) is 0 Å². The summed E-state index contributed by atoms with van der Waals surface area (Å²) >= 11 is 0. The van der Waals surface area contributed by atoms with E-state index in [-0.39, 0.29) is 11.8 Å². The van der Waals surface area contributed by atoms with E-state index in [1.807, 2.05) is 0 Å². The molecule has 3 aliphatic carbocycles. The standard InChI is InChI=1S/C53H83N3O3/c54-37-22-16-10-4-1-7-13-19-25-40-57-46-34-28-31-43-49-44-32-29-35-47(58-41-26-20-14-8-2-5-11-17-23-38-55)51(44)53(50(43)46)52-45(49)33-30-36-48(52)59-42-27-21-15-9-3-6-12-18-24-39-56/h28-36,49,53H,1-27,37-42,54-56H2. The van der Waals surface area contributed by atoms with Gasteiger partial charge < -0.3 is 31.4 Å². The third-order valence-electron chi connectivity index (χ3n) is 12.9. The second-order valence-corrected chi connectivity index (χ2v) is 17.6. The van der Waals surface area contributed by atoms with Crippen molar-refractivity contribution < 1.29 is 14.2 Å². The van der Waals surface area contributed by atoms with Crippen LogP contribution in [-0.2, 0) is 0 Å². The Bertz CT molecular complexity index is 1390. The fourth-order valence-electron chi connectivity index (χ4n) is 9.68. The van der Waals surface area contributed by atoms with Crippen LogP contribution >= 0.6 is 0 Å². The van der Waals surface area contributed by atoms with E-state index in [1.165, 1.54) is 168 Å². The highest BCUT2D eigenvalue weighted by Gasteiger charge is 2.46. The first-order chi connectivity index (χ1) is 29.3. The summed E-state index contributed by atoms with van der Waals surface area (Å²) in [5.74, 6) is 3.25. The lowest BCUT2D eigenvalue weighted by molar-refractivity contribution is 0.290. The van der Waals surface area contributed by atoms with Crippen LogP contribution in [0.25, 0.3) is 0 Å². The lowest BCUT2D eigenvalue weighted by Gasteiger charge is -2.44. The van der Waals surface area contributed by atoms with Crippen molar-refractivity contribution in [3.05, 3.63) is 88.0 Å². The molecule has 6 rings (SSSR count). The Balaban J connectivity index is 1.24. The van der Waals surface area contributed by atoms with E-state index in [0.29, 0.717) is 0 Å². The van der Waals surface area contributed by atoms with E-state index >= 15 is 0 Å². The van der Waals surface area contributed by atoms with Crippen LogP contribution in [0.4, 0.5) is 0 Å². The highest BCUT2D eigenvalue weighted by Crippen LogP contribution is 2.61. The molecule has 3 aromatic rings. The van der Waals surface area contributed by atoms with E-state index in [1.54, 1.807) is 0 Å². The summed E-state index contributed by atoms with van der Waals surface area (Å²) in [5.41, 5.74) is 25.1. The number of hydrogen-bond donors (Lipinski definition) is 3. The Morgan fingerprint density at radius 2 is 0.525 bits per heavy atom. The van der Waals surface area contributed by atoms with Crippen molar-refractivity contribution in [1.82, 2.24) is 0 Å². The zero-order chi connectivity index (χ0) is 41.2. The highest BCUT2D eigenvalue weighted by atomic mass is 16.5. The molecule has 0 saturated carbocycles. The first-order valence-electron chi connectivity index (χ1n) is 24.7. The summed E-state index contributed by atoms with van der Waals surface area (Å²) in [7, 11) is 0. The van der Waals surface area contributed by atoms with Crippen molar-refractivity contribution in [3.8, 4) is 17.2 Å². The maximum atomic E-state index is 6.78. The third-order valence-corrected chi connectivity index (χ3v) is 12.9. The van der Waals surface area contributed by atoms with Crippen LogP contribution in [0.3, 0.4) is 0 Å². The normalized spacial score (nSPS) is 14.9. The van der Waals surface area contributed by atoms with Crippen molar-refractivity contribution in [2.24, 2.45) is 17.2 Å². The van der Waals surface area contributed by atoms with Crippen LogP contribution in [0.15, 0.2) is 54.6 Å².